The Morgan fingerprint density at radius 3 is 2.27 bits per heavy atom. The van der Waals surface area contributed by atoms with Crippen LogP contribution in [0, 0.1) is 27.7 Å². The Morgan fingerprint density at radius 2 is 1.62 bits per heavy atom. The summed E-state index contributed by atoms with van der Waals surface area (Å²) in [6, 6.07) is 0.0484. The molecular weight excluding hydrogens is 484 g/mol. The van der Waals surface area contributed by atoms with Crippen LogP contribution in [-0.2, 0) is 20.8 Å². The molecular formula is C25H30N4O8. The molecule has 3 aromatic rings. The van der Waals surface area contributed by atoms with Gasteiger partial charge in [-0.05, 0) is 57.7 Å². The predicted molar refractivity (Wildman–Crippen MR) is 134 cm³/mol. The fourth-order valence-corrected chi connectivity index (χ4v) is 4.18. The predicted octanol–water partition coefficient (Wildman–Crippen LogP) is 1.45. The third kappa shape index (κ3) is 6.08. The van der Waals surface area contributed by atoms with Gasteiger partial charge in [0.05, 0.1) is 12.0 Å². The number of hydrogen-bond donors (Lipinski definition) is 5. The maximum absolute atomic E-state index is 12.9. The number of carboxylic acid groups (broad SMARTS) is 1. The van der Waals surface area contributed by atoms with Crippen molar-refractivity contribution in [2.45, 2.75) is 53.0 Å². The van der Waals surface area contributed by atoms with Gasteiger partial charge in [0.2, 0.25) is 11.8 Å². The molecule has 0 bridgehead atoms. The van der Waals surface area contributed by atoms with Gasteiger partial charge in [0.25, 0.3) is 0 Å². The van der Waals surface area contributed by atoms with Crippen LogP contribution in [0.3, 0.4) is 0 Å². The standard InChI is InChI=1S/C25H30N4O8/c1-11-14(4)36-21-13(3)22-16(8-15(11)21)12(2)17(24(34)37-22)9-19(30)29-18(6-5-7-27-25(26)35)23(33)28-10-20(31)32/h8,18H,5-7,9-10H2,1-4H3,(H,28,33)(H,29,30)(H,31,32)(H3,26,27,35)/t18-/m1/s1. The zero-order chi connectivity index (χ0) is 27.4. The summed E-state index contributed by atoms with van der Waals surface area (Å²) < 4.78 is 11.4. The van der Waals surface area contributed by atoms with E-state index in [2.05, 4.69) is 16.0 Å². The normalized spacial score (nSPS) is 11.9. The number of carbonyl (C=O) groups excluding carboxylic acids is 3. The zero-order valence-electron chi connectivity index (χ0n) is 21.1. The highest BCUT2D eigenvalue weighted by Crippen LogP contribution is 2.34. The number of carboxylic acids is 1. The maximum Gasteiger partial charge on any atom is 0.340 e. The van der Waals surface area contributed by atoms with E-state index in [9.17, 15) is 24.0 Å². The van der Waals surface area contributed by atoms with Gasteiger partial charge in [-0.15, -0.1) is 0 Å². The smallest absolute Gasteiger partial charge is 0.340 e. The van der Waals surface area contributed by atoms with Crippen LogP contribution in [0.4, 0.5) is 4.79 Å². The van der Waals surface area contributed by atoms with Crippen molar-refractivity contribution in [3.8, 4) is 0 Å². The number of benzene rings is 1. The highest BCUT2D eigenvalue weighted by Gasteiger charge is 2.24. The Kier molecular flexibility index (Phi) is 8.21. The number of nitrogens with two attached hydrogens (primary N) is 1. The Morgan fingerprint density at radius 1 is 0.973 bits per heavy atom. The lowest BCUT2D eigenvalue weighted by Crippen LogP contribution is -2.48. The fourth-order valence-electron chi connectivity index (χ4n) is 4.18. The second-order valence-electron chi connectivity index (χ2n) is 8.87. The summed E-state index contributed by atoms with van der Waals surface area (Å²) in [6.07, 6.45) is 0.0240. The Hall–Kier alpha value is -4.35. The Bertz CT molecular complexity index is 1450. The van der Waals surface area contributed by atoms with Crippen LogP contribution in [0.25, 0.3) is 21.9 Å². The molecule has 0 saturated heterocycles. The van der Waals surface area contributed by atoms with Crippen LogP contribution in [0.5, 0.6) is 0 Å². The lowest BCUT2D eigenvalue weighted by atomic mass is 9.98. The molecule has 0 spiro atoms. The molecule has 2 aromatic heterocycles. The van der Waals surface area contributed by atoms with Crippen LogP contribution >= 0.6 is 0 Å². The summed E-state index contributed by atoms with van der Waals surface area (Å²) in [6.45, 7) is 6.84. The van der Waals surface area contributed by atoms with Crippen molar-refractivity contribution < 1.29 is 33.1 Å². The molecule has 37 heavy (non-hydrogen) atoms. The van der Waals surface area contributed by atoms with Crippen molar-refractivity contribution in [1.82, 2.24) is 16.0 Å². The van der Waals surface area contributed by atoms with E-state index in [1.807, 2.05) is 19.9 Å². The second-order valence-corrected chi connectivity index (χ2v) is 8.87. The van der Waals surface area contributed by atoms with Crippen molar-refractivity contribution in [3.05, 3.63) is 44.5 Å². The summed E-state index contributed by atoms with van der Waals surface area (Å²) in [5.74, 6) is -1.82. The molecule has 0 fully saturated rings. The molecule has 0 aliphatic heterocycles. The van der Waals surface area contributed by atoms with E-state index in [0.29, 0.717) is 27.7 Å². The first-order valence-corrected chi connectivity index (χ1v) is 11.7. The highest BCUT2D eigenvalue weighted by molar-refractivity contribution is 6.00. The minimum absolute atomic E-state index is 0.0963. The second kappa shape index (κ2) is 11.1. The molecule has 0 radical (unpaired) electrons. The van der Waals surface area contributed by atoms with Gasteiger partial charge in [0, 0.05) is 22.9 Å². The van der Waals surface area contributed by atoms with Crippen LogP contribution in [0.1, 0.15) is 40.9 Å². The van der Waals surface area contributed by atoms with Crippen LogP contribution < -0.4 is 27.3 Å². The van der Waals surface area contributed by atoms with E-state index < -0.39 is 42.0 Å². The summed E-state index contributed by atoms with van der Waals surface area (Å²) in [5, 5.41) is 17.5. The topological polar surface area (TPSA) is 194 Å². The van der Waals surface area contributed by atoms with E-state index in [-0.39, 0.29) is 31.4 Å². The number of carbonyl (C=O) groups is 4. The van der Waals surface area contributed by atoms with E-state index in [0.717, 1.165) is 16.7 Å². The van der Waals surface area contributed by atoms with E-state index >= 15 is 0 Å². The van der Waals surface area contributed by atoms with E-state index in [4.69, 9.17) is 19.7 Å². The number of fused-ring (bicyclic) bond motifs is 2. The van der Waals surface area contributed by atoms with E-state index in [1.165, 1.54) is 0 Å². The van der Waals surface area contributed by atoms with Gasteiger partial charge in [-0.25, -0.2) is 9.59 Å². The summed E-state index contributed by atoms with van der Waals surface area (Å²) in [5.41, 5.74) is 7.71. The molecule has 198 valence electrons. The van der Waals surface area contributed by atoms with Gasteiger partial charge in [-0.2, -0.15) is 0 Å². The molecule has 0 aliphatic rings. The van der Waals surface area contributed by atoms with Crippen LogP contribution in [0.2, 0.25) is 0 Å². The van der Waals surface area contributed by atoms with Gasteiger partial charge in [0.15, 0.2) is 0 Å². The number of amides is 4. The zero-order valence-corrected chi connectivity index (χ0v) is 21.1. The molecule has 6 N–H and O–H groups in total. The number of primary amides is 1. The number of urea groups is 1. The number of hydrogen-bond acceptors (Lipinski definition) is 7. The highest BCUT2D eigenvalue weighted by atomic mass is 16.4. The molecule has 12 heteroatoms. The van der Waals surface area contributed by atoms with Crippen molar-refractivity contribution in [2.75, 3.05) is 13.1 Å². The van der Waals surface area contributed by atoms with Gasteiger partial charge in [-0.1, -0.05) is 0 Å². The molecule has 0 saturated carbocycles. The van der Waals surface area contributed by atoms with Crippen molar-refractivity contribution >= 4 is 45.8 Å². The average molecular weight is 515 g/mol. The Balaban J connectivity index is 1.86. The molecule has 12 nitrogen and oxygen atoms in total. The summed E-state index contributed by atoms with van der Waals surface area (Å²) in [7, 11) is 0. The van der Waals surface area contributed by atoms with E-state index in [1.54, 1.807) is 13.8 Å². The van der Waals surface area contributed by atoms with Crippen LogP contribution in [-0.4, -0.2) is 48.1 Å². The third-order valence-corrected chi connectivity index (χ3v) is 6.32. The van der Waals surface area contributed by atoms with Gasteiger partial charge < -0.3 is 35.6 Å². The lowest BCUT2D eigenvalue weighted by molar-refractivity contribution is -0.138. The molecule has 2 heterocycles. The minimum Gasteiger partial charge on any atom is -0.480 e. The van der Waals surface area contributed by atoms with Crippen molar-refractivity contribution in [1.29, 1.82) is 0 Å². The number of rotatable bonds is 10. The van der Waals surface area contributed by atoms with Gasteiger partial charge >= 0.3 is 17.6 Å². The molecule has 1 atom stereocenters. The van der Waals surface area contributed by atoms with Crippen molar-refractivity contribution in [3.63, 3.8) is 0 Å². The fraction of sp³-hybridized carbons (Fsp3) is 0.400. The molecule has 0 unspecified atom stereocenters. The first-order valence-electron chi connectivity index (χ1n) is 11.7. The molecule has 0 aliphatic carbocycles. The number of furan rings is 1. The first kappa shape index (κ1) is 27.2. The summed E-state index contributed by atoms with van der Waals surface area (Å²) >= 11 is 0. The molecule has 3 rings (SSSR count). The average Bonchev–Trinajstić information content (AvgIpc) is 3.11. The molecule has 1 aromatic carbocycles. The number of aryl methyl sites for hydroxylation is 4. The minimum atomic E-state index is -1.24. The third-order valence-electron chi connectivity index (χ3n) is 6.32. The maximum atomic E-state index is 12.9. The monoisotopic (exact) mass is 514 g/mol. The SMILES string of the molecule is Cc1oc2c(C)c3oc(=O)c(CC(=O)N[C@H](CCCNC(N)=O)C(=O)NCC(=O)O)c(C)c3cc2c1C. The van der Waals surface area contributed by atoms with Crippen molar-refractivity contribution in [2.24, 2.45) is 5.73 Å². The number of nitrogens with one attached hydrogen (secondary N) is 3. The first-order chi connectivity index (χ1) is 17.4. The lowest BCUT2D eigenvalue weighted by Gasteiger charge is -2.18. The molecule has 4 amide bonds. The van der Waals surface area contributed by atoms with Crippen LogP contribution in [0.15, 0.2) is 19.7 Å². The largest absolute Gasteiger partial charge is 0.480 e. The quantitative estimate of drug-likeness (QED) is 0.198. The van der Waals surface area contributed by atoms with Gasteiger partial charge in [-0.3, -0.25) is 14.4 Å². The Labute approximate surface area is 211 Å². The summed E-state index contributed by atoms with van der Waals surface area (Å²) in [4.78, 5) is 59.9. The van der Waals surface area contributed by atoms with Gasteiger partial charge in [0.1, 0.15) is 29.5 Å². The number of aliphatic carboxylic acids is 1.